The molecule has 458 valence electrons. The molecule has 78 heavy (non-hydrogen) atoms. The molecule has 0 aromatic heterocycles. The summed E-state index contributed by atoms with van der Waals surface area (Å²) in [6, 6.07) is -0.548. The minimum atomic E-state index is -0.671. The molecule has 0 aliphatic rings. The van der Waals surface area contributed by atoms with E-state index in [1.165, 1.54) is 283 Å². The highest BCUT2D eigenvalue weighted by Gasteiger charge is 2.20. The first-order chi connectivity index (χ1) is 38.5. The van der Waals surface area contributed by atoms with E-state index in [9.17, 15) is 19.8 Å². The van der Waals surface area contributed by atoms with Crippen LogP contribution in [-0.4, -0.2) is 47.4 Å². The summed E-state index contributed by atoms with van der Waals surface area (Å²) in [5.74, 6) is -0.0433. The van der Waals surface area contributed by atoms with Crippen LogP contribution in [0.4, 0.5) is 0 Å². The van der Waals surface area contributed by atoms with Crippen LogP contribution in [0.1, 0.15) is 373 Å². The average molecular weight is 1090 g/mol. The zero-order valence-corrected chi connectivity index (χ0v) is 52.4. The maximum absolute atomic E-state index is 12.5. The summed E-state index contributed by atoms with van der Waals surface area (Å²) in [7, 11) is 0. The van der Waals surface area contributed by atoms with E-state index in [2.05, 4.69) is 67.8 Å². The summed E-state index contributed by atoms with van der Waals surface area (Å²) in [6.07, 6.45) is 87.2. The third kappa shape index (κ3) is 63.0. The van der Waals surface area contributed by atoms with E-state index in [0.29, 0.717) is 25.9 Å². The Morgan fingerprint density at radius 1 is 0.359 bits per heavy atom. The maximum atomic E-state index is 12.5. The third-order valence-corrected chi connectivity index (χ3v) is 16.1. The van der Waals surface area contributed by atoms with Gasteiger partial charge in [-0.15, -0.1) is 0 Å². The van der Waals surface area contributed by atoms with Crippen molar-refractivity contribution in [1.82, 2.24) is 5.32 Å². The SMILES string of the molecule is CCCC/C=C\C/C=C\CCCCCCCC(=O)OCCCCCCCCCCC/C=C\C/C=C\CCCCCCCCCCCC(=O)NC(CO)C(O)CCCCCCCCCCCCCCCCCCCCCCCC. The molecule has 0 saturated heterocycles. The molecule has 0 aliphatic heterocycles. The molecule has 0 saturated carbocycles. The van der Waals surface area contributed by atoms with Crippen molar-refractivity contribution < 1.29 is 24.5 Å². The van der Waals surface area contributed by atoms with Gasteiger partial charge in [0.15, 0.2) is 0 Å². The van der Waals surface area contributed by atoms with Crippen LogP contribution < -0.4 is 5.32 Å². The molecule has 0 aromatic carbocycles. The first-order valence-electron chi connectivity index (χ1n) is 34.9. The lowest BCUT2D eigenvalue weighted by molar-refractivity contribution is -0.143. The van der Waals surface area contributed by atoms with Gasteiger partial charge in [-0.05, 0) is 83.5 Å². The summed E-state index contributed by atoms with van der Waals surface area (Å²) in [4.78, 5) is 24.6. The monoisotopic (exact) mass is 1090 g/mol. The number of rotatable bonds is 65. The van der Waals surface area contributed by atoms with Crippen LogP contribution in [0.25, 0.3) is 0 Å². The topological polar surface area (TPSA) is 95.9 Å². The summed E-state index contributed by atoms with van der Waals surface area (Å²) < 4.78 is 5.47. The van der Waals surface area contributed by atoms with E-state index in [0.717, 1.165) is 57.8 Å². The molecule has 0 aromatic rings. The Bertz CT molecular complexity index is 1310. The Hall–Kier alpha value is -2.18. The lowest BCUT2D eigenvalue weighted by Crippen LogP contribution is -2.45. The van der Waals surface area contributed by atoms with E-state index >= 15 is 0 Å². The normalized spacial score (nSPS) is 12.8. The molecule has 0 aliphatic carbocycles. The molecule has 3 N–H and O–H groups in total. The quantitative estimate of drug-likeness (QED) is 0.0320. The molecule has 0 heterocycles. The first-order valence-corrected chi connectivity index (χ1v) is 34.9. The van der Waals surface area contributed by atoms with Gasteiger partial charge in [0, 0.05) is 12.8 Å². The molecule has 0 spiro atoms. The molecule has 2 atom stereocenters. The van der Waals surface area contributed by atoms with E-state index < -0.39 is 12.1 Å². The lowest BCUT2D eigenvalue weighted by Gasteiger charge is -2.22. The maximum Gasteiger partial charge on any atom is 0.305 e. The molecule has 2 unspecified atom stereocenters. The lowest BCUT2D eigenvalue weighted by atomic mass is 10.0. The van der Waals surface area contributed by atoms with Gasteiger partial charge in [-0.25, -0.2) is 0 Å². The second-order valence-electron chi connectivity index (χ2n) is 23.9. The predicted octanol–water partition coefficient (Wildman–Crippen LogP) is 22.5. The largest absolute Gasteiger partial charge is 0.466 e. The van der Waals surface area contributed by atoms with Crippen molar-refractivity contribution in [2.24, 2.45) is 0 Å². The summed E-state index contributed by atoms with van der Waals surface area (Å²) in [5.41, 5.74) is 0. The fourth-order valence-electron chi connectivity index (χ4n) is 10.7. The first kappa shape index (κ1) is 75.8. The molecule has 0 rings (SSSR count). The van der Waals surface area contributed by atoms with Crippen LogP contribution in [-0.2, 0) is 14.3 Å². The molecule has 1 amide bonds. The Kier molecular flexibility index (Phi) is 65.4. The summed E-state index contributed by atoms with van der Waals surface area (Å²) >= 11 is 0. The molecule has 6 nitrogen and oxygen atoms in total. The number of amides is 1. The van der Waals surface area contributed by atoms with Gasteiger partial charge in [0.1, 0.15) is 0 Å². The van der Waals surface area contributed by atoms with Crippen LogP contribution >= 0.6 is 0 Å². The molecule has 0 fully saturated rings. The van der Waals surface area contributed by atoms with Crippen LogP contribution in [0.5, 0.6) is 0 Å². The summed E-state index contributed by atoms with van der Waals surface area (Å²) in [6.45, 7) is 4.93. The smallest absolute Gasteiger partial charge is 0.305 e. The number of aliphatic hydroxyl groups excluding tert-OH is 2. The van der Waals surface area contributed by atoms with Gasteiger partial charge >= 0.3 is 5.97 Å². The number of unbranched alkanes of at least 4 members (excludes halogenated alkanes) is 46. The van der Waals surface area contributed by atoms with E-state index in [1.54, 1.807) is 0 Å². The molecule has 0 radical (unpaired) electrons. The van der Waals surface area contributed by atoms with Crippen molar-refractivity contribution >= 4 is 11.9 Å². The van der Waals surface area contributed by atoms with Crippen LogP contribution in [0.15, 0.2) is 48.6 Å². The zero-order valence-electron chi connectivity index (χ0n) is 52.4. The van der Waals surface area contributed by atoms with Crippen molar-refractivity contribution in [3.63, 3.8) is 0 Å². The van der Waals surface area contributed by atoms with Gasteiger partial charge in [-0.2, -0.15) is 0 Å². The zero-order chi connectivity index (χ0) is 56.4. The van der Waals surface area contributed by atoms with E-state index in [-0.39, 0.29) is 18.5 Å². The van der Waals surface area contributed by atoms with E-state index in [1.807, 2.05) is 0 Å². The number of hydrogen-bond acceptors (Lipinski definition) is 5. The van der Waals surface area contributed by atoms with Crippen molar-refractivity contribution in [1.29, 1.82) is 0 Å². The molecular formula is C72H135NO5. The Morgan fingerprint density at radius 3 is 1.01 bits per heavy atom. The van der Waals surface area contributed by atoms with Crippen molar-refractivity contribution in [2.45, 2.75) is 386 Å². The fraction of sp³-hybridized carbons (Fsp3) is 0.861. The number of allylic oxidation sites excluding steroid dienone is 8. The minimum Gasteiger partial charge on any atom is -0.466 e. The number of nitrogens with one attached hydrogen (secondary N) is 1. The number of ether oxygens (including phenoxy) is 1. The Morgan fingerprint density at radius 2 is 0.654 bits per heavy atom. The van der Waals surface area contributed by atoms with Crippen LogP contribution in [0.2, 0.25) is 0 Å². The highest BCUT2D eigenvalue weighted by Crippen LogP contribution is 2.18. The average Bonchev–Trinajstić information content (AvgIpc) is 3.44. The van der Waals surface area contributed by atoms with Gasteiger partial charge in [-0.3, -0.25) is 9.59 Å². The van der Waals surface area contributed by atoms with Crippen molar-refractivity contribution in [3.8, 4) is 0 Å². The second kappa shape index (κ2) is 67.3. The number of aliphatic hydroxyl groups is 2. The standard InChI is InChI=1S/C72H135NO5/c1-3-5-7-9-11-13-15-17-19-20-21-22-28-31-34-37-40-44-48-52-56-60-64-70(75)69(68-74)73-71(76)65-61-57-53-49-45-41-38-35-32-29-26-24-23-25-27-30-33-36-39-43-47-51-55-59-63-67-78-72(77)66-62-58-54-50-46-42-18-16-14-12-10-8-6-4-2/h10,12,16,18,24-27,69-70,74-75H,3-9,11,13-15,17,19-23,28-68H2,1-2H3,(H,73,76)/b12-10-,18-16-,26-24-,27-25-. The third-order valence-electron chi connectivity index (χ3n) is 16.1. The molecule has 6 heteroatoms. The number of esters is 1. The molecular weight excluding hydrogens is 959 g/mol. The Balaban J connectivity index is 3.44. The summed E-state index contributed by atoms with van der Waals surface area (Å²) in [5, 5.41) is 23.4. The number of carbonyl (C=O) groups excluding carboxylic acids is 2. The highest BCUT2D eigenvalue weighted by molar-refractivity contribution is 5.76. The van der Waals surface area contributed by atoms with Crippen molar-refractivity contribution in [2.75, 3.05) is 13.2 Å². The predicted molar refractivity (Wildman–Crippen MR) is 342 cm³/mol. The minimum absolute atomic E-state index is 0.00545. The van der Waals surface area contributed by atoms with Gasteiger partial charge in [0.25, 0.3) is 0 Å². The highest BCUT2D eigenvalue weighted by atomic mass is 16.5. The van der Waals surface area contributed by atoms with Gasteiger partial charge in [0.05, 0.1) is 25.4 Å². The van der Waals surface area contributed by atoms with Gasteiger partial charge in [0.2, 0.25) is 5.91 Å². The second-order valence-corrected chi connectivity index (χ2v) is 23.9. The van der Waals surface area contributed by atoms with Crippen LogP contribution in [0, 0.1) is 0 Å². The number of carbonyl (C=O) groups is 2. The van der Waals surface area contributed by atoms with Crippen molar-refractivity contribution in [3.05, 3.63) is 48.6 Å². The molecule has 0 bridgehead atoms. The number of hydrogen-bond donors (Lipinski definition) is 3. The fourth-order valence-corrected chi connectivity index (χ4v) is 10.7. The van der Waals surface area contributed by atoms with E-state index in [4.69, 9.17) is 4.74 Å². The Labute approximate surface area is 486 Å². The van der Waals surface area contributed by atoms with Crippen LogP contribution in [0.3, 0.4) is 0 Å². The van der Waals surface area contributed by atoms with Gasteiger partial charge in [-0.1, -0.05) is 326 Å². The van der Waals surface area contributed by atoms with Gasteiger partial charge < -0.3 is 20.3 Å².